The van der Waals surface area contributed by atoms with E-state index in [0.29, 0.717) is 6.42 Å². The van der Waals surface area contributed by atoms with Crippen LogP contribution in [0.2, 0.25) is 0 Å². The minimum absolute atomic E-state index is 0.0380. The number of benzene rings is 1. The second-order valence-corrected chi connectivity index (χ2v) is 4.66. The maximum atomic E-state index is 11.4. The largest absolute Gasteiger partial charge is 0.326 e. The first kappa shape index (κ1) is 16.7. The molecule has 1 amide bonds. The van der Waals surface area contributed by atoms with Crippen LogP contribution in [0.25, 0.3) is 0 Å². The summed E-state index contributed by atoms with van der Waals surface area (Å²) in [5, 5.41) is 2.90. The molecule has 1 N–H and O–H groups in total. The molecule has 1 aromatic rings. The van der Waals surface area contributed by atoms with Gasteiger partial charge in [-0.1, -0.05) is 59.2 Å². The highest BCUT2D eigenvalue weighted by Crippen LogP contribution is 2.37. The number of carbonyl (C=O) groups excluding carboxylic acids is 1. The fraction of sp³-hybridized carbons (Fsp3) is 0.562. The molecule has 0 saturated heterocycles. The monoisotopic (exact) mass is 249 g/mol. The van der Waals surface area contributed by atoms with E-state index >= 15 is 0 Å². The average molecular weight is 249 g/mol. The van der Waals surface area contributed by atoms with Crippen LogP contribution in [0.3, 0.4) is 0 Å². The van der Waals surface area contributed by atoms with E-state index in [1.807, 2.05) is 39.8 Å². The third-order valence-corrected chi connectivity index (χ3v) is 2.78. The maximum absolute atomic E-state index is 11.4. The summed E-state index contributed by atoms with van der Waals surface area (Å²) in [4.78, 5) is 11.4. The van der Waals surface area contributed by atoms with Crippen LogP contribution in [0.5, 0.6) is 0 Å². The lowest BCUT2D eigenvalue weighted by molar-refractivity contribution is -0.117. The molecule has 1 heterocycles. The van der Waals surface area contributed by atoms with Gasteiger partial charge < -0.3 is 5.32 Å². The molecule has 1 aromatic carbocycles. The van der Waals surface area contributed by atoms with Gasteiger partial charge in [-0.2, -0.15) is 0 Å². The molecule has 0 saturated carbocycles. The van der Waals surface area contributed by atoms with Gasteiger partial charge in [0.1, 0.15) is 0 Å². The van der Waals surface area contributed by atoms with Crippen LogP contribution in [0.4, 0.5) is 5.69 Å². The molecule has 0 unspecified atom stereocenters. The number of hydrogen-bond donors (Lipinski definition) is 1. The number of anilines is 1. The van der Waals surface area contributed by atoms with Crippen molar-refractivity contribution in [1.29, 1.82) is 0 Å². The first-order chi connectivity index (χ1) is 8.49. The highest BCUT2D eigenvalue weighted by molar-refractivity contribution is 5.95. The maximum Gasteiger partial charge on any atom is 0.225 e. The zero-order valence-electron chi connectivity index (χ0n) is 12.8. The molecule has 1 aliphatic heterocycles. The van der Waals surface area contributed by atoms with Gasteiger partial charge in [-0.25, -0.2) is 0 Å². The molecule has 18 heavy (non-hydrogen) atoms. The van der Waals surface area contributed by atoms with E-state index in [9.17, 15) is 4.79 Å². The summed E-state index contributed by atoms with van der Waals surface area (Å²) in [6.07, 6.45) is 0.573. The summed E-state index contributed by atoms with van der Waals surface area (Å²) in [6, 6.07) is 6.18. The van der Waals surface area contributed by atoms with Gasteiger partial charge in [-0.05, 0) is 18.6 Å². The lowest BCUT2D eigenvalue weighted by Crippen LogP contribution is -2.32. The normalized spacial score (nSPS) is 15.2. The molecule has 2 rings (SSSR count). The molecule has 0 spiro atoms. The fourth-order valence-corrected chi connectivity index (χ4v) is 2.02. The van der Waals surface area contributed by atoms with Crippen LogP contribution < -0.4 is 5.32 Å². The van der Waals surface area contributed by atoms with Crippen LogP contribution in [-0.4, -0.2) is 5.91 Å². The quantitative estimate of drug-likeness (QED) is 0.711. The SMILES string of the molecule is CC.CC.Cc1ccc2c(c1)C(C)(C)CC(=O)N2. The molecule has 0 bridgehead atoms. The number of amides is 1. The van der Waals surface area contributed by atoms with E-state index in [2.05, 4.69) is 32.2 Å². The van der Waals surface area contributed by atoms with E-state index < -0.39 is 0 Å². The van der Waals surface area contributed by atoms with Crippen LogP contribution in [0, 0.1) is 6.92 Å². The van der Waals surface area contributed by atoms with E-state index in [-0.39, 0.29) is 11.3 Å². The zero-order valence-corrected chi connectivity index (χ0v) is 12.8. The zero-order chi connectivity index (χ0) is 14.3. The van der Waals surface area contributed by atoms with E-state index in [0.717, 1.165) is 5.69 Å². The highest BCUT2D eigenvalue weighted by atomic mass is 16.1. The van der Waals surface area contributed by atoms with Crippen molar-refractivity contribution in [2.75, 3.05) is 5.32 Å². The Morgan fingerprint density at radius 2 is 1.67 bits per heavy atom. The summed E-state index contributed by atoms with van der Waals surface area (Å²) in [5.41, 5.74) is 3.42. The number of carbonyl (C=O) groups is 1. The Hall–Kier alpha value is -1.31. The molecule has 0 aliphatic carbocycles. The highest BCUT2D eigenvalue weighted by Gasteiger charge is 2.31. The molecule has 2 heteroatoms. The number of fused-ring (bicyclic) bond motifs is 1. The Morgan fingerprint density at radius 3 is 2.22 bits per heavy atom. The Bertz CT molecular complexity index is 394. The number of rotatable bonds is 0. The summed E-state index contributed by atoms with van der Waals surface area (Å²) < 4.78 is 0. The first-order valence-electron chi connectivity index (χ1n) is 6.90. The van der Waals surface area contributed by atoms with Gasteiger partial charge >= 0.3 is 0 Å². The fourth-order valence-electron chi connectivity index (χ4n) is 2.02. The summed E-state index contributed by atoms with van der Waals surface area (Å²) in [7, 11) is 0. The van der Waals surface area contributed by atoms with Crippen molar-refractivity contribution in [2.24, 2.45) is 0 Å². The van der Waals surface area contributed by atoms with Gasteiger partial charge in [-0.3, -0.25) is 4.79 Å². The smallest absolute Gasteiger partial charge is 0.225 e. The molecule has 2 nitrogen and oxygen atoms in total. The van der Waals surface area contributed by atoms with Gasteiger partial charge in [0.05, 0.1) is 0 Å². The molecule has 0 atom stereocenters. The molecule has 1 aliphatic rings. The molecule has 0 radical (unpaired) electrons. The predicted octanol–water partition coefficient (Wildman–Crippen LogP) is 4.67. The van der Waals surface area contributed by atoms with Crippen molar-refractivity contribution in [1.82, 2.24) is 0 Å². The minimum Gasteiger partial charge on any atom is -0.326 e. The second kappa shape index (κ2) is 7.20. The van der Waals surface area contributed by atoms with Gasteiger partial charge in [-0.15, -0.1) is 0 Å². The van der Waals surface area contributed by atoms with Crippen molar-refractivity contribution >= 4 is 11.6 Å². The standard InChI is InChI=1S/C12H15NO.2C2H6/c1-8-4-5-10-9(6-8)12(2,3)7-11(14)13-10;2*1-2/h4-6H,7H2,1-3H3,(H,13,14);2*1-2H3. The van der Waals surface area contributed by atoms with E-state index in [1.54, 1.807) is 0 Å². The van der Waals surface area contributed by atoms with Crippen molar-refractivity contribution in [3.8, 4) is 0 Å². The Kier molecular flexibility index (Phi) is 6.67. The van der Waals surface area contributed by atoms with Crippen molar-refractivity contribution in [3.05, 3.63) is 29.3 Å². The third-order valence-electron chi connectivity index (χ3n) is 2.78. The van der Waals surface area contributed by atoms with Gasteiger partial charge in [0, 0.05) is 17.5 Å². The second-order valence-electron chi connectivity index (χ2n) is 4.66. The van der Waals surface area contributed by atoms with E-state index in [1.165, 1.54) is 11.1 Å². The Morgan fingerprint density at radius 1 is 1.11 bits per heavy atom. The summed E-state index contributed by atoms with van der Waals surface area (Å²) in [5.74, 6) is 0.117. The molecular formula is C16H27NO. The molecule has 102 valence electrons. The Labute approximate surface area is 112 Å². The topological polar surface area (TPSA) is 29.1 Å². The van der Waals surface area contributed by atoms with Gasteiger partial charge in [0.2, 0.25) is 5.91 Å². The van der Waals surface area contributed by atoms with E-state index in [4.69, 9.17) is 0 Å². The molecule has 0 fully saturated rings. The molecular weight excluding hydrogens is 222 g/mol. The summed E-state index contributed by atoms with van der Waals surface area (Å²) >= 11 is 0. The Balaban J connectivity index is 0.000000659. The van der Waals surface area contributed by atoms with Gasteiger partial charge in [0.15, 0.2) is 0 Å². The predicted molar refractivity (Wildman–Crippen MR) is 80.1 cm³/mol. The van der Waals surface area contributed by atoms with Crippen LogP contribution in [0.1, 0.15) is 59.1 Å². The third kappa shape index (κ3) is 3.86. The lowest BCUT2D eigenvalue weighted by Gasteiger charge is -2.32. The lowest BCUT2D eigenvalue weighted by atomic mass is 9.77. The van der Waals surface area contributed by atoms with Crippen molar-refractivity contribution < 1.29 is 4.79 Å². The van der Waals surface area contributed by atoms with Crippen molar-refractivity contribution in [3.63, 3.8) is 0 Å². The van der Waals surface area contributed by atoms with Gasteiger partial charge in [0.25, 0.3) is 0 Å². The van der Waals surface area contributed by atoms with Crippen molar-refractivity contribution in [2.45, 2.75) is 60.3 Å². The number of aryl methyl sites for hydroxylation is 1. The summed E-state index contributed by atoms with van der Waals surface area (Å²) in [6.45, 7) is 14.3. The minimum atomic E-state index is -0.0380. The molecule has 0 aromatic heterocycles. The van der Waals surface area contributed by atoms with Crippen LogP contribution >= 0.6 is 0 Å². The first-order valence-corrected chi connectivity index (χ1v) is 6.90. The number of hydrogen-bond acceptors (Lipinski definition) is 1. The average Bonchev–Trinajstić information content (AvgIpc) is 2.34. The van der Waals surface area contributed by atoms with Crippen LogP contribution in [0.15, 0.2) is 18.2 Å². The van der Waals surface area contributed by atoms with Crippen LogP contribution in [-0.2, 0) is 10.2 Å². The number of nitrogens with one attached hydrogen (secondary N) is 1.